The van der Waals surface area contributed by atoms with Crippen molar-refractivity contribution in [3.05, 3.63) is 35.4 Å². The van der Waals surface area contributed by atoms with Crippen LogP contribution in [0.5, 0.6) is 0 Å². The first-order valence-corrected chi connectivity index (χ1v) is 8.14. The Morgan fingerprint density at radius 2 is 1.75 bits per heavy atom. The summed E-state index contributed by atoms with van der Waals surface area (Å²) in [7, 11) is 0. The van der Waals surface area contributed by atoms with Gasteiger partial charge in [-0.1, -0.05) is 31.5 Å². The standard InChI is InChI=1S/C18H24N2O4/c1-11(2)14(16(22)19-10-18(8-9-18)17(23)24)20-15(21)13-6-4-12(3)5-7-13/h4-7,11,14H,8-10H2,1-3H3,(H,19,22)(H,20,21)(H,23,24). The van der Waals surface area contributed by atoms with Crippen molar-refractivity contribution in [3.8, 4) is 0 Å². The van der Waals surface area contributed by atoms with Gasteiger partial charge in [0.1, 0.15) is 6.04 Å². The lowest BCUT2D eigenvalue weighted by atomic mass is 10.0. The van der Waals surface area contributed by atoms with E-state index in [-0.39, 0.29) is 24.3 Å². The van der Waals surface area contributed by atoms with Gasteiger partial charge in [0.15, 0.2) is 0 Å². The van der Waals surface area contributed by atoms with Crippen molar-refractivity contribution in [2.45, 2.75) is 39.7 Å². The van der Waals surface area contributed by atoms with E-state index in [0.29, 0.717) is 18.4 Å². The molecular formula is C18H24N2O4. The van der Waals surface area contributed by atoms with Gasteiger partial charge in [-0.3, -0.25) is 14.4 Å². The Morgan fingerprint density at radius 3 is 2.21 bits per heavy atom. The minimum atomic E-state index is -0.882. The quantitative estimate of drug-likeness (QED) is 0.708. The highest BCUT2D eigenvalue weighted by Crippen LogP contribution is 2.45. The average molecular weight is 332 g/mol. The lowest BCUT2D eigenvalue weighted by molar-refractivity contribution is -0.143. The third kappa shape index (κ3) is 4.13. The maximum atomic E-state index is 12.4. The number of carboxylic acids is 1. The molecule has 2 rings (SSSR count). The van der Waals surface area contributed by atoms with Gasteiger partial charge in [0.2, 0.25) is 5.91 Å². The molecule has 0 radical (unpaired) electrons. The number of nitrogens with one attached hydrogen (secondary N) is 2. The van der Waals surface area contributed by atoms with E-state index in [9.17, 15) is 14.4 Å². The molecule has 1 atom stereocenters. The van der Waals surface area contributed by atoms with E-state index < -0.39 is 17.4 Å². The molecule has 24 heavy (non-hydrogen) atoms. The molecule has 1 aromatic carbocycles. The van der Waals surface area contributed by atoms with Crippen LogP contribution >= 0.6 is 0 Å². The molecule has 0 aromatic heterocycles. The summed E-state index contributed by atoms with van der Waals surface area (Å²) in [6.07, 6.45) is 1.15. The molecule has 130 valence electrons. The van der Waals surface area contributed by atoms with Gasteiger partial charge in [-0.25, -0.2) is 0 Å². The summed E-state index contributed by atoms with van der Waals surface area (Å²) in [5.74, 6) is -1.66. The molecule has 1 fully saturated rings. The van der Waals surface area contributed by atoms with Crippen LogP contribution in [0.15, 0.2) is 24.3 Å². The highest BCUT2D eigenvalue weighted by Gasteiger charge is 2.50. The Morgan fingerprint density at radius 1 is 1.17 bits per heavy atom. The zero-order valence-electron chi connectivity index (χ0n) is 14.3. The van der Waals surface area contributed by atoms with E-state index in [0.717, 1.165) is 5.56 Å². The lowest BCUT2D eigenvalue weighted by Gasteiger charge is -2.22. The molecular weight excluding hydrogens is 308 g/mol. The van der Waals surface area contributed by atoms with Crippen molar-refractivity contribution in [2.75, 3.05) is 6.54 Å². The smallest absolute Gasteiger partial charge is 0.311 e. The van der Waals surface area contributed by atoms with Crippen molar-refractivity contribution < 1.29 is 19.5 Å². The van der Waals surface area contributed by atoms with Crippen LogP contribution in [0.2, 0.25) is 0 Å². The Hall–Kier alpha value is -2.37. The van der Waals surface area contributed by atoms with Crippen molar-refractivity contribution in [2.24, 2.45) is 11.3 Å². The number of hydrogen-bond donors (Lipinski definition) is 3. The molecule has 1 saturated carbocycles. The average Bonchev–Trinajstić information content (AvgIpc) is 3.31. The van der Waals surface area contributed by atoms with Crippen molar-refractivity contribution in [1.29, 1.82) is 0 Å². The van der Waals surface area contributed by atoms with E-state index in [4.69, 9.17) is 5.11 Å². The fourth-order valence-electron chi connectivity index (χ4n) is 2.45. The van der Waals surface area contributed by atoms with Gasteiger partial charge in [0.05, 0.1) is 5.41 Å². The number of benzene rings is 1. The minimum Gasteiger partial charge on any atom is -0.481 e. The van der Waals surface area contributed by atoms with Gasteiger partial charge >= 0.3 is 5.97 Å². The molecule has 1 unspecified atom stereocenters. The van der Waals surface area contributed by atoms with E-state index in [1.165, 1.54) is 0 Å². The second-order valence-electron chi connectivity index (χ2n) is 6.86. The number of aliphatic carboxylic acids is 1. The van der Waals surface area contributed by atoms with Crippen molar-refractivity contribution >= 4 is 17.8 Å². The van der Waals surface area contributed by atoms with Crippen LogP contribution in [0.1, 0.15) is 42.6 Å². The Bertz CT molecular complexity index is 633. The van der Waals surface area contributed by atoms with E-state index in [2.05, 4.69) is 10.6 Å². The van der Waals surface area contributed by atoms with Crippen LogP contribution in [0.4, 0.5) is 0 Å². The highest BCUT2D eigenvalue weighted by atomic mass is 16.4. The van der Waals surface area contributed by atoms with Crippen LogP contribution < -0.4 is 10.6 Å². The maximum absolute atomic E-state index is 12.4. The second kappa shape index (κ2) is 7.03. The zero-order valence-corrected chi connectivity index (χ0v) is 14.3. The summed E-state index contributed by atoms with van der Waals surface area (Å²) >= 11 is 0. The van der Waals surface area contributed by atoms with Gasteiger partial charge in [-0.05, 0) is 37.8 Å². The molecule has 1 aliphatic carbocycles. The molecule has 6 heteroatoms. The van der Waals surface area contributed by atoms with Crippen molar-refractivity contribution in [1.82, 2.24) is 10.6 Å². The van der Waals surface area contributed by atoms with Crippen LogP contribution in [-0.4, -0.2) is 35.5 Å². The number of amides is 2. The lowest BCUT2D eigenvalue weighted by Crippen LogP contribution is -2.51. The molecule has 0 aliphatic heterocycles. The summed E-state index contributed by atoms with van der Waals surface area (Å²) in [5, 5.41) is 14.6. The fraction of sp³-hybridized carbons (Fsp3) is 0.500. The first kappa shape index (κ1) is 18.0. The van der Waals surface area contributed by atoms with Gasteiger partial charge in [0, 0.05) is 12.1 Å². The molecule has 0 heterocycles. The molecule has 1 aliphatic rings. The number of hydrogen-bond acceptors (Lipinski definition) is 3. The summed E-state index contributed by atoms with van der Waals surface area (Å²) in [6.45, 7) is 5.71. The Labute approximate surface area is 141 Å². The molecule has 0 saturated heterocycles. The van der Waals surface area contributed by atoms with E-state index >= 15 is 0 Å². The SMILES string of the molecule is Cc1ccc(C(=O)NC(C(=O)NCC2(C(=O)O)CC2)C(C)C)cc1. The largest absolute Gasteiger partial charge is 0.481 e. The number of carboxylic acid groups (broad SMARTS) is 1. The molecule has 0 bridgehead atoms. The van der Waals surface area contributed by atoms with Crippen LogP contribution in [-0.2, 0) is 9.59 Å². The normalized spacial score (nSPS) is 16.3. The third-order valence-electron chi connectivity index (χ3n) is 4.46. The first-order chi connectivity index (χ1) is 11.2. The fourth-order valence-corrected chi connectivity index (χ4v) is 2.45. The topological polar surface area (TPSA) is 95.5 Å². The van der Waals surface area contributed by atoms with Gasteiger partial charge in [0.25, 0.3) is 5.91 Å². The van der Waals surface area contributed by atoms with Crippen LogP contribution in [0.25, 0.3) is 0 Å². The highest BCUT2D eigenvalue weighted by molar-refractivity contribution is 5.97. The minimum absolute atomic E-state index is 0.102. The first-order valence-electron chi connectivity index (χ1n) is 8.14. The number of aryl methyl sites for hydroxylation is 1. The number of carbonyl (C=O) groups is 3. The van der Waals surface area contributed by atoms with Gasteiger partial charge < -0.3 is 15.7 Å². The molecule has 6 nitrogen and oxygen atoms in total. The molecule has 3 N–H and O–H groups in total. The van der Waals surface area contributed by atoms with Crippen LogP contribution in [0.3, 0.4) is 0 Å². The predicted octanol–water partition coefficient (Wildman–Crippen LogP) is 1.73. The summed E-state index contributed by atoms with van der Waals surface area (Å²) < 4.78 is 0. The van der Waals surface area contributed by atoms with Crippen LogP contribution in [0, 0.1) is 18.3 Å². The van der Waals surface area contributed by atoms with Gasteiger partial charge in [-0.15, -0.1) is 0 Å². The predicted molar refractivity (Wildman–Crippen MR) is 89.6 cm³/mol. The van der Waals surface area contributed by atoms with E-state index in [1.54, 1.807) is 12.1 Å². The molecule has 0 spiro atoms. The number of rotatable bonds is 7. The summed E-state index contributed by atoms with van der Waals surface area (Å²) in [5.41, 5.74) is 0.717. The maximum Gasteiger partial charge on any atom is 0.311 e. The summed E-state index contributed by atoms with van der Waals surface area (Å²) in [6, 6.07) is 6.39. The molecule has 1 aromatic rings. The zero-order chi connectivity index (χ0) is 17.9. The molecule has 2 amide bonds. The van der Waals surface area contributed by atoms with E-state index in [1.807, 2.05) is 32.9 Å². The monoisotopic (exact) mass is 332 g/mol. The Balaban J connectivity index is 1.98. The Kier molecular flexibility index (Phi) is 5.26. The van der Waals surface area contributed by atoms with Gasteiger partial charge in [-0.2, -0.15) is 0 Å². The third-order valence-corrected chi connectivity index (χ3v) is 4.46. The summed E-state index contributed by atoms with van der Waals surface area (Å²) in [4.78, 5) is 35.9. The number of carbonyl (C=O) groups excluding carboxylic acids is 2. The van der Waals surface area contributed by atoms with Crippen molar-refractivity contribution in [3.63, 3.8) is 0 Å². The second-order valence-corrected chi connectivity index (χ2v) is 6.86.